The number of fused-ring (bicyclic) bond motifs is 1. The van der Waals surface area contributed by atoms with E-state index in [9.17, 15) is 4.79 Å². The molecule has 0 bridgehead atoms. The van der Waals surface area contributed by atoms with Gasteiger partial charge in [-0.3, -0.25) is 0 Å². The molecule has 7 nitrogen and oxygen atoms in total. The van der Waals surface area contributed by atoms with Crippen molar-refractivity contribution in [1.82, 2.24) is 19.6 Å². The zero-order valence-electron chi connectivity index (χ0n) is 19.6. The van der Waals surface area contributed by atoms with Crippen LogP contribution >= 0.6 is 0 Å². The van der Waals surface area contributed by atoms with Crippen molar-refractivity contribution in [3.8, 4) is 11.3 Å². The number of pyridine rings is 1. The summed E-state index contributed by atoms with van der Waals surface area (Å²) in [6.07, 6.45) is 9.76. The van der Waals surface area contributed by atoms with Gasteiger partial charge in [0.25, 0.3) is 0 Å². The normalized spacial score (nSPS) is 17.7. The number of esters is 1. The van der Waals surface area contributed by atoms with Crippen LogP contribution in [-0.2, 0) is 11.2 Å². The summed E-state index contributed by atoms with van der Waals surface area (Å²) < 4.78 is 6.59. The average Bonchev–Trinajstić information content (AvgIpc) is 3.51. The lowest BCUT2D eigenvalue weighted by Gasteiger charge is -2.15. The first-order valence-corrected chi connectivity index (χ1v) is 11.9. The van der Waals surface area contributed by atoms with Crippen LogP contribution in [0.1, 0.15) is 48.7 Å². The number of hydrogen-bond donors (Lipinski definition) is 1. The fourth-order valence-corrected chi connectivity index (χ4v) is 4.88. The first-order chi connectivity index (χ1) is 16.6. The number of aryl methyl sites for hydroxylation is 1. The molecule has 0 aliphatic heterocycles. The van der Waals surface area contributed by atoms with Crippen LogP contribution in [0.5, 0.6) is 0 Å². The van der Waals surface area contributed by atoms with Gasteiger partial charge in [0.2, 0.25) is 0 Å². The molecule has 0 saturated heterocycles. The van der Waals surface area contributed by atoms with Gasteiger partial charge in [-0.1, -0.05) is 44.4 Å². The standard InChI is InChI=1S/C27H29N5O2/c1-18-6-3-7-19(18)12-13-22-10-5-11-25(29-22)30-24-17-23(31-32-15-14-28-26(24)32)20-8-4-9-21(16-20)27(33)34-2/h4-5,8-11,14-19H,3,6-7,12-13H2,1-2H3,(H,29,30). The van der Waals surface area contributed by atoms with Crippen LogP contribution in [0.25, 0.3) is 16.9 Å². The lowest BCUT2D eigenvalue weighted by atomic mass is 9.92. The molecule has 0 radical (unpaired) electrons. The first-order valence-electron chi connectivity index (χ1n) is 11.9. The highest BCUT2D eigenvalue weighted by Gasteiger charge is 2.23. The molecule has 1 fully saturated rings. The smallest absolute Gasteiger partial charge is 0.337 e. The Morgan fingerprint density at radius 2 is 2.06 bits per heavy atom. The molecular weight excluding hydrogens is 426 g/mol. The van der Waals surface area contributed by atoms with Gasteiger partial charge < -0.3 is 10.1 Å². The molecule has 3 heterocycles. The van der Waals surface area contributed by atoms with Crippen molar-refractivity contribution in [3.05, 3.63) is 72.2 Å². The van der Waals surface area contributed by atoms with Crippen molar-refractivity contribution in [2.45, 2.75) is 39.0 Å². The van der Waals surface area contributed by atoms with E-state index in [1.54, 1.807) is 29.0 Å². The lowest BCUT2D eigenvalue weighted by molar-refractivity contribution is 0.0601. The van der Waals surface area contributed by atoms with E-state index in [-0.39, 0.29) is 5.97 Å². The fraction of sp³-hybridized carbons (Fsp3) is 0.333. The molecule has 1 aromatic carbocycles. The van der Waals surface area contributed by atoms with Crippen LogP contribution in [0.4, 0.5) is 11.5 Å². The summed E-state index contributed by atoms with van der Waals surface area (Å²) >= 11 is 0. The monoisotopic (exact) mass is 455 g/mol. The van der Waals surface area contributed by atoms with Crippen molar-refractivity contribution in [3.63, 3.8) is 0 Å². The SMILES string of the molecule is COC(=O)c1cccc(-c2cc(Nc3cccc(CCC4CCCC4C)n3)c3nccn3n2)c1. The number of benzene rings is 1. The Labute approximate surface area is 199 Å². The zero-order valence-corrected chi connectivity index (χ0v) is 19.6. The maximum Gasteiger partial charge on any atom is 0.337 e. The van der Waals surface area contributed by atoms with Gasteiger partial charge in [0, 0.05) is 23.7 Å². The third kappa shape index (κ3) is 4.64. The van der Waals surface area contributed by atoms with Gasteiger partial charge in [-0.15, -0.1) is 0 Å². The van der Waals surface area contributed by atoms with Gasteiger partial charge in [-0.25, -0.2) is 19.3 Å². The van der Waals surface area contributed by atoms with Crippen molar-refractivity contribution >= 4 is 23.1 Å². The van der Waals surface area contributed by atoms with E-state index in [1.807, 2.05) is 30.3 Å². The maximum atomic E-state index is 12.0. The molecule has 174 valence electrons. The Hall–Kier alpha value is -3.74. The summed E-state index contributed by atoms with van der Waals surface area (Å²) in [5, 5.41) is 8.12. The minimum atomic E-state index is -0.378. The quantitative estimate of drug-likeness (QED) is 0.361. The van der Waals surface area contributed by atoms with E-state index in [4.69, 9.17) is 9.72 Å². The number of anilines is 2. The number of imidazole rings is 1. The molecule has 0 spiro atoms. The van der Waals surface area contributed by atoms with Crippen molar-refractivity contribution in [2.75, 3.05) is 12.4 Å². The van der Waals surface area contributed by atoms with Gasteiger partial charge in [-0.2, -0.15) is 5.10 Å². The second kappa shape index (κ2) is 9.63. The zero-order chi connectivity index (χ0) is 23.5. The molecule has 34 heavy (non-hydrogen) atoms. The topological polar surface area (TPSA) is 81.4 Å². The fourth-order valence-electron chi connectivity index (χ4n) is 4.88. The number of nitrogens with zero attached hydrogens (tertiary/aromatic N) is 4. The summed E-state index contributed by atoms with van der Waals surface area (Å²) in [7, 11) is 1.38. The summed E-state index contributed by atoms with van der Waals surface area (Å²) in [5.41, 5.74) is 4.61. The van der Waals surface area contributed by atoms with E-state index in [1.165, 1.54) is 32.8 Å². The summed E-state index contributed by atoms with van der Waals surface area (Å²) in [5.74, 6) is 2.04. The predicted octanol–water partition coefficient (Wildman–Crippen LogP) is 5.69. The maximum absolute atomic E-state index is 12.0. The van der Waals surface area contributed by atoms with Gasteiger partial charge in [0.05, 0.1) is 24.1 Å². The Kier molecular flexibility index (Phi) is 6.25. The third-order valence-corrected chi connectivity index (χ3v) is 6.82. The van der Waals surface area contributed by atoms with Crippen LogP contribution in [0.3, 0.4) is 0 Å². The van der Waals surface area contributed by atoms with E-state index in [0.717, 1.165) is 41.0 Å². The molecule has 2 unspecified atom stereocenters. The van der Waals surface area contributed by atoms with Crippen LogP contribution in [0.2, 0.25) is 0 Å². The van der Waals surface area contributed by atoms with Gasteiger partial charge in [0.1, 0.15) is 5.82 Å². The summed E-state index contributed by atoms with van der Waals surface area (Å²) in [6, 6.07) is 15.3. The molecule has 7 heteroatoms. The highest BCUT2D eigenvalue weighted by Crippen LogP contribution is 2.34. The molecular formula is C27H29N5O2. The summed E-state index contributed by atoms with van der Waals surface area (Å²) in [6.45, 7) is 2.38. The van der Waals surface area contributed by atoms with E-state index < -0.39 is 0 Å². The van der Waals surface area contributed by atoms with Crippen LogP contribution < -0.4 is 5.32 Å². The lowest BCUT2D eigenvalue weighted by Crippen LogP contribution is -2.06. The van der Waals surface area contributed by atoms with Crippen molar-refractivity contribution in [1.29, 1.82) is 0 Å². The Bertz CT molecular complexity index is 1320. The molecule has 1 aliphatic carbocycles. The molecule has 1 N–H and O–H groups in total. The first kappa shape index (κ1) is 22.1. The minimum Gasteiger partial charge on any atom is -0.465 e. The van der Waals surface area contributed by atoms with E-state index in [0.29, 0.717) is 16.9 Å². The number of hydrogen-bond acceptors (Lipinski definition) is 6. The van der Waals surface area contributed by atoms with Crippen molar-refractivity contribution < 1.29 is 9.53 Å². The Morgan fingerprint density at radius 1 is 1.18 bits per heavy atom. The molecule has 3 aromatic heterocycles. The Balaban J connectivity index is 1.41. The number of carbonyl (C=O) groups excluding carboxylic acids is 1. The largest absolute Gasteiger partial charge is 0.465 e. The highest BCUT2D eigenvalue weighted by atomic mass is 16.5. The molecule has 1 aliphatic rings. The number of ether oxygens (including phenoxy) is 1. The third-order valence-electron chi connectivity index (χ3n) is 6.82. The highest BCUT2D eigenvalue weighted by molar-refractivity contribution is 5.91. The van der Waals surface area contributed by atoms with E-state index in [2.05, 4.69) is 28.4 Å². The molecule has 4 aromatic rings. The number of aromatic nitrogens is 4. The second-order valence-electron chi connectivity index (χ2n) is 9.06. The molecule has 5 rings (SSSR count). The summed E-state index contributed by atoms with van der Waals surface area (Å²) in [4.78, 5) is 21.3. The van der Waals surface area contributed by atoms with Crippen LogP contribution in [0.15, 0.2) is 60.9 Å². The number of nitrogens with one attached hydrogen (secondary N) is 1. The average molecular weight is 456 g/mol. The van der Waals surface area contributed by atoms with Crippen molar-refractivity contribution in [2.24, 2.45) is 11.8 Å². The van der Waals surface area contributed by atoms with Crippen LogP contribution in [-0.4, -0.2) is 32.7 Å². The second-order valence-corrected chi connectivity index (χ2v) is 9.06. The number of rotatable bonds is 7. The number of methoxy groups -OCH3 is 1. The van der Waals surface area contributed by atoms with Gasteiger partial charge >= 0.3 is 5.97 Å². The molecule has 2 atom stereocenters. The van der Waals surface area contributed by atoms with Gasteiger partial charge in [0.15, 0.2) is 5.65 Å². The number of carbonyl (C=O) groups is 1. The Morgan fingerprint density at radius 3 is 2.88 bits per heavy atom. The van der Waals surface area contributed by atoms with Crippen LogP contribution in [0, 0.1) is 11.8 Å². The minimum absolute atomic E-state index is 0.378. The molecule has 1 saturated carbocycles. The predicted molar refractivity (Wildman–Crippen MR) is 132 cm³/mol. The molecule has 0 amide bonds. The van der Waals surface area contributed by atoms with E-state index >= 15 is 0 Å². The van der Waals surface area contributed by atoms with Gasteiger partial charge in [-0.05, 0) is 55.0 Å².